The van der Waals surface area contributed by atoms with E-state index >= 15 is 0 Å². The van der Waals surface area contributed by atoms with Gasteiger partial charge in [0.15, 0.2) is 0 Å². The lowest BCUT2D eigenvalue weighted by Gasteiger charge is -2.12. The van der Waals surface area contributed by atoms with Crippen molar-refractivity contribution >= 4 is 17.5 Å². The first kappa shape index (κ1) is 14.1. The number of amides is 2. The number of hydrogen-bond donors (Lipinski definition) is 4. The van der Waals surface area contributed by atoms with Crippen LogP contribution in [0.4, 0.5) is 5.69 Å². The third-order valence-electron chi connectivity index (χ3n) is 2.51. The van der Waals surface area contributed by atoms with Gasteiger partial charge in [-0.05, 0) is 30.7 Å². The van der Waals surface area contributed by atoms with Gasteiger partial charge >= 0.3 is 0 Å². The summed E-state index contributed by atoms with van der Waals surface area (Å²) in [4.78, 5) is 22.9. The van der Waals surface area contributed by atoms with Gasteiger partial charge in [-0.2, -0.15) is 0 Å². The fourth-order valence-electron chi connectivity index (χ4n) is 1.40. The number of aryl methyl sites for hydroxylation is 1. The molecule has 5 N–H and O–H groups in total. The van der Waals surface area contributed by atoms with Crippen LogP contribution < -0.4 is 16.4 Å². The molecule has 1 atom stereocenters. The molecule has 0 fully saturated rings. The number of benzene rings is 1. The van der Waals surface area contributed by atoms with Gasteiger partial charge in [0.25, 0.3) is 5.91 Å². The molecule has 0 radical (unpaired) electrons. The molecule has 6 heteroatoms. The standard InChI is InChI=1S/C12H17N3O3/c1-7-5-8(11(17)14-2)3-4-10(7)15-12(18)9(13)6-16/h3-5,9,16H,6,13H2,1-2H3,(H,14,17)(H,15,18)/t9-/m0/s1. The van der Waals surface area contributed by atoms with Crippen molar-refractivity contribution in [2.75, 3.05) is 19.0 Å². The SMILES string of the molecule is CNC(=O)c1ccc(NC(=O)[C@@H](N)CO)c(C)c1. The van der Waals surface area contributed by atoms with Crippen LogP contribution in [0, 0.1) is 6.92 Å². The maximum atomic E-state index is 11.5. The summed E-state index contributed by atoms with van der Waals surface area (Å²) < 4.78 is 0. The molecule has 0 saturated heterocycles. The van der Waals surface area contributed by atoms with E-state index in [2.05, 4.69) is 10.6 Å². The van der Waals surface area contributed by atoms with Crippen molar-refractivity contribution in [2.24, 2.45) is 5.73 Å². The molecule has 18 heavy (non-hydrogen) atoms. The Kier molecular flexibility index (Phi) is 4.82. The Balaban J connectivity index is 2.86. The van der Waals surface area contributed by atoms with Crippen LogP contribution in [0.3, 0.4) is 0 Å². The molecule has 0 aliphatic carbocycles. The molecular weight excluding hydrogens is 234 g/mol. The number of carbonyl (C=O) groups is 2. The van der Waals surface area contributed by atoms with Crippen molar-refractivity contribution in [1.29, 1.82) is 0 Å². The van der Waals surface area contributed by atoms with Crippen LogP contribution >= 0.6 is 0 Å². The van der Waals surface area contributed by atoms with Crippen LogP contribution in [0.25, 0.3) is 0 Å². The van der Waals surface area contributed by atoms with Gasteiger partial charge in [-0.1, -0.05) is 0 Å². The summed E-state index contributed by atoms with van der Waals surface area (Å²) in [5.74, 6) is -0.656. The molecule has 1 aromatic carbocycles. The Morgan fingerprint density at radius 3 is 2.61 bits per heavy atom. The van der Waals surface area contributed by atoms with E-state index in [1.165, 1.54) is 0 Å². The van der Waals surface area contributed by atoms with E-state index in [0.717, 1.165) is 5.56 Å². The highest BCUT2D eigenvalue weighted by molar-refractivity contribution is 5.97. The van der Waals surface area contributed by atoms with E-state index in [-0.39, 0.29) is 5.91 Å². The van der Waals surface area contributed by atoms with Crippen molar-refractivity contribution in [2.45, 2.75) is 13.0 Å². The van der Waals surface area contributed by atoms with E-state index in [1.807, 2.05) is 0 Å². The maximum Gasteiger partial charge on any atom is 0.251 e. The Bertz CT molecular complexity index is 460. The molecule has 0 bridgehead atoms. The molecule has 0 saturated carbocycles. The lowest BCUT2D eigenvalue weighted by Crippen LogP contribution is -2.38. The van der Waals surface area contributed by atoms with Gasteiger partial charge in [-0.3, -0.25) is 9.59 Å². The number of carbonyl (C=O) groups excluding carboxylic acids is 2. The lowest BCUT2D eigenvalue weighted by molar-refractivity contribution is -0.118. The highest BCUT2D eigenvalue weighted by atomic mass is 16.3. The molecule has 1 rings (SSSR count). The minimum Gasteiger partial charge on any atom is -0.394 e. The molecule has 0 heterocycles. The van der Waals surface area contributed by atoms with Gasteiger partial charge < -0.3 is 21.5 Å². The van der Waals surface area contributed by atoms with Gasteiger partial charge in [-0.25, -0.2) is 0 Å². The smallest absolute Gasteiger partial charge is 0.251 e. The molecule has 0 unspecified atom stereocenters. The third kappa shape index (κ3) is 3.28. The fraction of sp³-hybridized carbons (Fsp3) is 0.333. The predicted octanol–water partition coefficient (Wildman–Crippen LogP) is -0.387. The van der Waals surface area contributed by atoms with Crippen LogP contribution in [-0.2, 0) is 4.79 Å². The maximum absolute atomic E-state index is 11.5. The number of aliphatic hydroxyl groups is 1. The summed E-state index contributed by atoms with van der Waals surface area (Å²) >= 11 is 0. The van der Waals surface area contributed by atoms with Gasteiger partial charge in [0.1, 0.15) is 6.04 Å². The number of aliphatic hydroxyl groups excluding tert-OH is 1. The molecule has 98 valence electrons. The second-order valence-corrected chi connectivity index (χ2v) is 3.89. The van der Waals surface area contributed by atoms with Gasteiger partial charge in [0.2, 0.25) is 5.91 Å². The first-order valence-electron chi connectivity index (χ1n) is 5.49. The highest BCUT2D eigenvalue weighted by Crippen LogP contribution is 2.16. The van der Waals surface area contributed by atoms with E-state index in [9.17, 15) is 9.59 Å². The average Bonchev–Trinajstić information content (AvgIpc) is 2.38. The second kappa shape index (κ2) is 6.13. The number of nitrogens with two attached hydrogens (primary N) is 1. The van der Waals surface area contributed by atoms with Crippen molar-refractivity contribution in [3.05, 3.63) is 29.3 Å². The lowest BCUT2D eigenvalue weighted by atomic mass is 10.1. The third-order valence-corrected chi connectivity index (χ3v) is 2.51. The molecule has 0 aliphatic rings. The zero-order valence-electron chi connectivity index (χ0n) is 10.4. The van der Waals surface area contributed by atoms with Gasteiger partial charge in [0, 0.05) is 18.3 Å². The molecule has 6 nitrogen and oxygen atoms in total. The normalized spacial score (nSPS) is 11.8. The molecule has 2 amide bonds. The molecular formula is C12H17N3O3. The zero-order chi connectivity index (χ0) is 13.7. The molecule has 0 aliphatic heterocycles. The van der Waals surface area contributed by atoms with Crippen LogP contribution in [0.2, 0.25) is 0 Å². The summed E-state index contributed by atoms with van der Waals surface area (Å²) in [7, 11) is 1.55. The Hall–Kier alpha value is -1.92. The fourth-order valence-corrected chi connectivity index (χ4v) is 1.40. The number of hydrogen-bond acceptors (Lipinski definition) is 4. The summed E-state index contributed by atoms with van der Waals surface area (Å²) in [6, 6.07) is 3.94. The Labute approximate surface area is 105 Å². The van der Waals surface area contributed by atoms with Crippen LogP contribution in [0.5, 0.6) is 0 Å². The minimum absolute atomic E-state index is 0.192. The summed E-state index contributed by atoms with van der Waals surface area (Å²) in [6.07, 6.45) is 0. The van der Waals surface area contributed by atoms with Crippen LogP contribution in [0.15, 0.2) is 18.2 Å². The Morgan fingerprint density at radius 1 is 1.44 bits per heavy atom. The predicted molar refractivity (Wildman–Crippen MR) is 68.3 cm³/mol. The first-order valence-corrected chi connectivity index (χ1v) is 5.49. The quantitative estimate of drug-likeness (QED) is 0.585. The van der Waals surface area contributed by atoms with E-state index in [0.29, 0.717) is 11.3 Å². The largest absolute Gasteiger partial charge is 0.394 e. The van der Waals surface area contributed by atoms with E-state index in [1.54, 1.807) is 32.2 Å². The van der Waals surface area contributed by atoms with E-state index < -0.39 is 18.6 Å². The molecule has 0 aromatic heterocycles. The topological polar surface area (TPSA) is 104 Å². The van der Waals surface area contributed by atoms with Crippen molar-refractivity contribution in [3.8, 4) is 0 Å². The van der Waals surface area contributed by atoms with Crippen LogP contribution in [0.1, 0.15) is 15.9 Å². The first-order chi connectivity index (χ1) is 8.49. The number of rotatable bonds is 4. The molecule has 1 aromatic rings. The Morgan fingerprint density at radius 2 is 2.11 bits per heavy atom. The monoisotopic (exact) mass is 251 g/mol. The van der Waals surface area contributed by atoms with Gasteiger partial charge in [-0.15, -0.1) is 0 Å². The van der Waals surface area contributed by atoms with Gasteiger partial charge in [0.05, 0.1) is 6.61 Å². The van der Waals surface area contributed by atoms with Crippen molar-refractivity contribution in [3.63, 3.8) is 0 Å². The second-order valence-electron chi connectivity index (χ2n) is 3.89. The average molecular weight is 251 g/mol. The van der Waals surface area contributed by atoms with Crippen molar-refractivity contribution in [1.82, 2.24) is 5.32 Å². The molecule has 0 spiro atoms. The highest BCUT2D eigenvalue weighted by Gasteiger charge is 2.13. The summed E-state index contributed by atoms with van der Waals surface area (Å²) in [6.45, 7) is 1.35. The number of anilines is 1. The minimum atomic E-state index is -0.956. The van der Waals surface area contributed by atoms with Crippen LogP contribution in [-0.4, -0.2) is 36.6 Å². The summed E-state index contributed by atoms with van der Waals surface area (Å²) in [5.41, 5.74) is 7.21. The van der Waals surface area contributed by atoms with E-state index in [4.69, 9.17) is 10.8 Å². The number of nitrogens with one attached hydrogen (secondary N) is 2. The zero-order valence-corrected chi connectivity index (χ0v) is 10.4. The van der Waals surface area contributed by atoms with Crippen molar-refractivity contribution < 1.29 is 14.7 Å². The summed E-state index contributed by atoms with van der Waals surface area (Å²) in [5, 5.41) is 13.9.